The zero-order valence-electron chi connectivity index (χ0n) is 23.4. The molecule has 2 aliphatic carbocycles. The van der Waals surface area contributed by atoms with Crippen LogP contribution in [0.3, 0.4) is 0 Å². The minimum atomic E-state index is -0.730. The number of ketones is 1. The van der Waals surface area contributed by atoms with E-state index in [-0.39, 0.29) is 29.4 Å². The summed E-state index contributed by atoms with van der Waals surface area (Å²) in [5.74, 6) is -0.323. The highest BCUT2D eigenvalue weighted by Gasteiger charge is 2.55. The van der Waals surface area contributed by atoms with Crippen LogP contribution in [0.4, 0.5) is 4.79 Å². The number of aliphatic hydroxyl groups is 1. The average Bonchev–Trinajstić information content (AvgIpc) is 2.94. The van der Waals surface area contributed by atoms with E-state index in [2.05, 4.69) is 30.6 Å². The summed E-state index contributed by atoms with van der Waals surface area (Å²) < 4.78 is 6.21. The molecule has 7 heteroatoms. The van der Waals surface area contributed by atoms with Crippen molar-refractivity contribution in [2.24, 2.45) is 34.0 Å². The van der Waals surface area contributed by atoms with Crippen LogP contribution in [0, 0.1) is 34.0 Å². The molecule has 2 saturated carbocycles. The van der Waals surface area contributed by atoms with E-state index < -0.39 is 34.5 Å². The second kappa shape index (κ2) is 10.8. The molecule has 0 aromatic carbocycles. The number of hydrogen-bond acceptors (Lipinski definition) is 6. The molecular weight excluding hydrogens is 468 g/mol. The maximum absolute atomic E-state index is 13.6. The Morgan fingerprint density at radius 2 is 1.76 bits per heavy atom. The fourth-order valence-corrected chi connectivity index (χ4v) is 7.84. The van der Waals surface area contributed by atoms with E-state index in [0.29, 0.717) is 19.3 Å². The van der Waals surface area contributed by atoms with Crippen molar-refractivity contribution in [2.75, 3.05) is 19.6 Å². The van der Waals surface area contributed by atoms with Crippen molar-refractivity contribution in [3.8, 4) is 0 Å². The first kappa shape index (κ1) is 28.3. The Labute approximate surface area is 222 Å². The van der Waals surface area contributed by atoms with Crippen LogP contribution in [-0.4, -0.2) is 59.6 Å². The number of hydrogen-bond donors (Lipinski definition) is 2. The maximum atomic E-state index is 13.6. The van der Waals surface area contributed by atoms with Crippen LogP contribution >= 0.6 is 0 Å². The Hall–Kier alpha value is -1.73. The summed E-state index contributed by atoms with van der Waals surface area (Å²) in [5, 5.41) is 14.0. The Bertz CT molecular complexity index is 883. The summed E-state index contributed by atoms with van der Waals surface area (Å²) in [7, 11) is 0. The third-order valence-electron chi connectivity index (χ3n) is 11.0. The molecule has 0 aromatic heterocycles. The number of aliphatic hydroxyl groups excluding tert-OH is 1. The van der Waals surface area contributed by atoms with Crippen molar-refractivity contribution in [2.45, 2.75) is 104 Å². The molecule has 5 rings (SSSR count). The van der Waals surface area contributed by atoms with Crippen molar-refractivity contribution in [3.05, 3.63) is 12.7 Å². The summed E-state index contributed by atoms with van der Waals surface area (Å²) in [6.45, 7) is 14.9. The average molecular weight is 517 g/mol. The third kappa shape index (κ3) is 5.27. The van der Waals surface area contributed by atoms with Crippen molar-refractivity contribution in [1.82, 2.24) is 10.2 Å². The Balaban J connectivity index is 1.65. The first-order valence-corrected chi connectivity index (χ1v) is 14.5. The molecule has 2 bridgehead atoms. The van der Waals surface area contributed by atoms with Crippen molar-refractivity contribution < 1.29 is 24.2 Å². The van der Waals surface area contributed by atoms with Gasteiger partial charge in [0.2, 0.25) is 5.91 Å². The first-order valence-electron chi connectivity index (χ1n) is 14.5. The van der Waals surface area contributed by atoms with E-state index in [1.54, 1.807) is 6.08 Å². The molecule has 2 amide bonds. The molecule has 7 nitrogen and oxygen atoms in total. The topological polar surface area (TPSA) is 95.9 Å². The van der Waals surface area contributed by atoms with Crippen LogP contribution < -0.4 is 5.32 Å². The SMILES string of the molecule is C=C[C@]1(C)C[C@@H](OC(=O)NC(=O)C23CCN(CC2)CC3)[C@]2(C)C(C)CCCCCC(=O)C2C[C@@H](C)[C@@H]1O. The third-order valence-corrected chi connectivity index (χ3v) is 11.0. The Morgan fingerprint density at radius 1 is 1.11 bits per heavy atom. The Morgan fingerprint density at radius 3 is 2.38 bits per heavy atom. The first-order chi connectivity index (χ1) is 17.4. The van der Waals surface area contributed by atoms with Crippen LogP contribution in [0.2, 0.25) is 0 Å². The van der Waals surface area contributed by atoms with Gasteiger partial charge in [-0.05, 0) is 70.0 Å². The van der Waals surface area contributed by atoms with Gasteiger partial charge in [-0.1, -0.05) is 53.0 Å². The van der Waals surface area contributed by atoms with Crippen LogP contribution in [0.1, 0.15) is 91.9 Å². The summed E-state index contributed by atoms with van der Waals surface area (Å²) in [6.07, 6.45) is 7.26. The number of nitrogens with one attached hydrogen (secondary N) is 1. The van der Waals surface area contributed by atoms with Gasteiger partial charge >= 0.3 is 6.09 Å². The molecule has 0 radical (unpaired) electrons. The molecule has 208 valence electrons. The Kier molecular flexibility index (Phi) is 8.25. The summed E-state index contributed by atoms with van der Waals surface area (Å²) in [5.41, 5.74) is -1.81. The fraction of sp³-hybridized carbons (Fsp3) is 0.833. The predicted molar refractivity (Wildman–Crippen MR) is 143 cm³/mol. The molecular formula is C30H48N2O5. The molecule has 7 atom stereocenters. The molecule has 3 saturated heterocycles. The zero-order chi connectivity index (χ0) is 27.0. The lowest BCUT2D eigenvalue weighted by molar-refractivity contribution is -0.150. The van der Waals surface area contributed by atoms with Crippen molar-refractivity contribution in [1.29, 1.82) is 0 Å². The van der Waals surface area contributed by atoms with Gasteiger partial charge in [-0.3, -0.25) is 14.9 Å². The summed E-state index contributed by atoms with van der Waals surface area (Å²) in [6, 6.07) is 0. The van der Waals surface area contributed by atoms with Gasteiger partial charge in [-0.25, -0.2) is 4.79 Å². The number of ether oxygens (including phenoxy) is 1. The largest absolute Gasteiger partial charge is 0.445 e. The smallest absolute Gasteiger partial charge is 0.414 e. The second-order valence-corrected chi connectivity index (χ2v) is 13.2. The normalized spacial score (nSPS) is 44.7. The molecule has 0 aromatic rings. The molecule has 5 fully saturated rings. The number of piperidine rings is 3. The van der Waals surface area contributed by atoms with E-state index >= 15 is 0 Å². The van der Waals surface area contributed by atoms with E-state index in [1.807, 2.05) is 13.8 Å². The highest BCUT2D eigenvalue weighted by atomic mass is 16.6. The summed E-state index contributed by atoms with van der Waals surface area (Å²) >= 11 is 0. The molecule has 2 N–H and O–H groups in total. The van der Waals surface area contributed by atoms with Gasteiger partial charge in [0, 0.05) is 23.2 Å². The number of amides is 2. The molecule has 3 aliphatic heterocycles. The second-order valence-electron chi connectivity index (χ2n) is 13.2. The molecule has 3 heterocycles. The van der Waals surface area contributed by atoms with Gasteiger partial charge in [0.05, 0.1) is 11.5 Å². The number of fused-ring (bicyclic) bond motifs is 4. The predicted octanol–water partition coefficient (Wildman–Crippen LogP) is 4.87. The van der Waals surface area contributed by atoms with E-state index in [4.69, 9.17) is 4.74 Å². The molecule has 0 spiro atoms. The zero-order valence-corrected chi connectivity index (χ0v) is 23.4. The van der Waals surface area contributed by atoms with Crippen LogP contribution in [-0.2, 0) is 14.3 Å². The van der Waals surface area contributed by atoms with E-state index in [0.717, 1.165) is 64.6 Å². The molecule has 2 unspecified atom stereocenters. The number of rotatable bonds is 3. The minimum absolute atomic E-state index is 0.100. The monoisotopic (exact) mass is 516 g/mol. The number of imide groups is 1. The van der Waals surface area contributed by atoms with E-state index in [1.165, 1.54) is 0 Å². The number of nitrogens with zero attached hydrogens (tertiary/aromatic N) is 1. The molecule has 37 heavy (non-hydrogen) atoms. The van der Waals surface area contributed by atoms with Crippen molar-refractivity contribution in [3.63, 3.8) is 0 Å². The highest BCUT2D eigenvalue weighted by Crippen LogP contribution is 2.53. The fourth-order valence-electron chi connectivity index (χ4n) is 7.84. The van der Waals surface area contributed by atoms with Crippen molar-refractivity contribution >= 4 is 17.8 Å². The van der Waals surface area contributed by atoms with Gasteiger partial charge in [0.1, 0.15) is 11.9 Å². The maximum Gasteiger partial charge on any atom is 0.414 e. The van der Waals surface area contributed by atoms with Crippen LogP contribution in [0.25, 0.3) is 0 Å². The van der Waals surface area contributed by atoms with Gasteiger partial charge in [0.25, 0.3) is 0 Å². The number of alkyl carbamates (subject to hydrolysis) is 1. The number of carbonyl (C=O) groups is 3. The highest BCUT2D eigenvalue weighted by molar-refractivity contribution is 5.95. The van der Waals surface area contributed by atoms with Gasteiger partial charge < -0.3 is 14.7 Å². The quantitative estimate of drug-likeness (QED) is 0.520. The lowest BCUT2D eigenvalue weighted by Crippen LogP contribution is -2.58. The van der Waals surface area contributed by atoms with Gasteiger partial charge in [-0.15, -0.1) is 6.58 Å². The lowest BCUT2D eigenvalue weighted by atomic mass is 9.54. The molecule has 5 aliphatic rings. The standard InChI is InChI=1S/C30H48N2O5/c1-6-28(4)19-24(37-27(36)31-26(35)30-12-15-32(16-13-30)17-14-30)29(5)21(3)10-8-7-9-11-23(33)22(29)18-20(2)25(28)34/h6,20-22,24-25,34H,1,7-19H2,2-5H3,(H,31,35,36)/t20-,21?,22?,24-,25+,28-,29-/m1/s1. The van der Waals surface area contributed by atoms with Gasteiger partial charge in [-0.2, -0.15) is 0 Å². The number of carbonyl (C=O) groups excluding carboxylic acids is 3. The lowest BCUT2D eigenvalue weighted by Gasteiger charge is -2.52. The van der Waals surface area contributed by atoms with E-state index in [9.17, 15) is 19.5 Å². The minimum Gasteiger partial charge on any atom is -0.445 e. The van der Waals surface area contributed by atoms with Crippen LogP contribution in [0.15, 0.2) is 12.7 Å². The summed E-state index contributed by atoms with van der Waals surface area (Å²) in [4.78, 5) is 42.7. The number of Topliss-reactive ketones (excluding diaryl/α,β-unsaturated/α-hetero) is 1. The van der Waals surface area contributed by atoms with Gasteiger partial charge in [0.15, 0.2) is 0 Å². The van der Waals surface area contributed by atoms with Crippen LogP contribution in [0.5, 0.6) is 0 Å².